The normalized spacial score (nSPS) is 10.8. The summed E-state index contributed by atoms with van der Waals surface area (Å²) < 4.78 is 1.96. The lowest BCUT2D eigenvalue weighted by atomic mass is 10.2. The lowest BCUT2D eigenvalue weighted by Crippen LogP contribution is -1.82. The Balaban J connectivity index is 2.48. The van der Waals surface area contributed by atoms with Gasteiger partial charge >= 0.3 is 0 Å². The maximum absolute atomic E-state index is 8.59. The molecule has 1 unspecified atom stereocenters. The van der Waals surface area contributed by atoms with Crippen molar-refractivity contribution in [2.75, 3.05) is 6.61 Å². The van der Waals surface area contributed by atoms with E-state index in [1.807, 2.05) is 28.8 Å². The number of aliphatic hydroxyl groups is 1. The first kappa shape index (κ1) is 10.9. The average Bonchev–Trinajstić information content (AvgIpc) is 2.68. The minimum Gasteiger partial charge on any atom is -0.384 e. The Hall–Kier alpha value is -0.630. The molecular formula is C10H8IN2OP. The van der Waals surface area contributed by atoms with Crippen molar-refractivity contribution >= 4 is 39.3 Å². The molecule has 15 heavy (non-hydrogen) atoms. The number of fused-ring (bicyclic) bond motifs is 1. The van der Waals surface area contributed by atoms with Gasteiger partial charge in [-0.15, -0.1) is 0 Å². The van der Waals surface area contributed by atoms with Crippen molar-refractivity contribution in [2.45, 2.75) is 0 Å². The van der Waals surface area contributed by atoms with Crippen molar-refractivity contribution < 1.29 is 5.11 Å². The van der Waals surface area contributed by atoms with Crippen LogP contribution in [0.4, 0.5) is 0 Å². The van der Waals surface area contributed by atoms with Crippen molar-refractivity contribution in [2.24, 2.45) is 0 Å². The number of rotatable bonds is 1. The van der Waals surface area contributed by atoms with Gasteiger partial charge in [-0.1, -0.05) is 11.8 Å². The second-order valence-electron chi connectivity index (χ2n) is 2.87. The first-order valence-corrected chi connectivity index (χ1v) is 8.35. The van der Waals surface area contributed by atoms with Crippen molar-refractivity contribution in [3.05, 3.63) is 30.0 Å². The van der Waals surface area contributed by atoms with Gasteiger partial charge in [0, 0.05) is 10.9 Å². The molecule has 1 aromatic carbocycles. The molecule has 0 radical (unpaired) electrons. The summed E-state index contributed by atoms with van der Waals surface area (Å²) in [6, 6.07) is 5.94. The molecule has 1 heterocycles. The summed E-state index contributed by atoms with van der Waals surface area (Å²) >= 11 is 2.30. The van der Waals surface area contributed by atoms with Crippen LogP contribution < -0.4 is 0 Å². The summed E-state index contributed by atoms with van der Waals surface area (Å²) in [5, 5.41) is 13.9. The van der Waals surface area contributed by atoms with E-state index >= 15 is 0 Å². The molecule has 0 saturated carbocycles. The number of hydrogen-bond donors (Lipinski definition) is 1. The Morgan fingerprint density at radius 3 is 3.13 bits per heavy atom. The molecule has 0 aliphatic heterocycles. The summed E-state index contributed by atoms with van der Waals surface area (Å²) in [6.45, 7) is -0.105. The molecule has 0 aliphatic carbocycles. The summed E-state index contributed by atoms with van der Waals surface area (Å²) in [6.07, 6.45) is 2.44. The predicted octanol–water partition coefficient (Wildman–Crippen LogP) is 2.17. The zero-order chi connectivity index (χ0) is 10.7. The number of aliphatic hydroxyl groups excluding tert-OH is 1. The summed E-state index contributed by atoms with van der Waals surface area (Å²) in [4.78, 5) is 0. The highest BCUT2D eigenvalue weighted by Crippen LogP contribution is 2.28. The van der Waals surface area contributed by atoms with Crippen molar-refractivity contribution in [3.8, 4) is 11.8 Å². The molecule has 5 heteroatoms. The van der Waals surface area contributed by atoms with Crippen molar-refractivity contribution in [3.63, 3.8) is 0 Å². The lowest BCUT2D eigenvalue weighted by Gasteiger charge is -1.96. The minimum atomic E-state index is -0.105. The monoisotopic (exact) mass is 330 g/mol. The van der Waals surface area contributed by atoms with E-state index in [1.165, 1.54) is 0 Å². The van der Waals surface area contributed by atoms with Crippen LogP contribution in [0.25, 0.3) is 10.9 Å². The minimum absolute atomic E-state index is 0.105. The summed E-state index contributed by atoms with van der Waals surface area (Å²) in [7, 11) is 0. The molecule has 76 valence electrons. The molecule has 2 aromatic rings. The summed E-state index contributed by atoms with van der Waals surface area (Å²) in [5.41, 5.74) is 2.03. The van der Waals surface area contributed by atoms with Crippen molar-refractivity contribution in [1.29, 1.82) is 0 Å². The standard InChI is InChI=1S/C10H8IN2OP/c11-15-13-10-4-3-8(2-1-5-14)6-9(10)7-12-13/h3-4,6-7,14-15H,5H2. The van der Waals surface area contributed by atoms with Crippen LogP contribution in [0.3, 0.4) is 0 Å². The van der Waals surface area contributed by atoms with Gasteiger partial charge in [-0.25, -0.2) is 4.45 Å². The first-order chi connectivity index (χ1) is 7.35. The average molecular weight is 330 g/mol. The van der Waals surface area contributed by atoms with Gasteiger partial charge in [-0.05, 0) is 40.2 Å². The third kappa shape index (κ3) is 2.31. The molecule has 1 N–H and O–H groups in total. The van der Waals surface area contributed by atoms with E-state index in [0.29, 0.717) is 6.37 Å². The fourth-order valence-electron chi connectivity index (χ4n) is 1.32. The van der Waals surface area contributed by atoms with E-state index in [2.05, 4.69) is 39.0 Å². The number of hydrogen-bond acceptors (Lipinski definition) is 2. The van der Waals surface area contributed by atoms with Crippen LogP contribution in [0.5, 0.6) is 0 Å². The zero-order valence-corrected chi connectivity index (χ0v) is 10.9. The van der Waals surface area contributed by atoms with E-state index in [0.717, 1.165) is 16.5 Å². The van der Waals surface area contributed by atoms with Gasteiger partial charge in [0.05, 0.1) is 18.1 Å². The van der Waals surface area contributed by atoms with Gasteiger partial charge in [0.1, 0.15) is 6.61 Å². The molecular weight excluding hydrogens is 322 g/mol. The third-order valence-corrected chi connectivity index (χ3v) is 3.85. The number of benzene rings is 1. The Labute approximate surface area is 102 Å². The fourth-order valence-corrected chi connectivity index (χ4v) is 2.87. The highest BCUT2D eigenvalue weighted by molar-refractivity contribution is 14.2. The highest BCUT2D eigenvalue weighted by atomic mass is 127. The zero-order valence-electron chi connectivity index (χ0n) is 7.74. The van der Waals surface area contributed by atoms with Crippen LogP contribution >= 0.6 is 28.4 Å². The van der Waals surface area contributed by atoms with Crippen LogP contribution in [0.15, 0.2) is 24.4 Å². The van der Waals surface area contributed by atoms with Crippen LogP contribution in [-0.4, -0.2) is 21.3 Å². The maximum atomic E-state index is 8.59. The molecule has 3 nitrogen and oxygen atoms in total. The molecule has 0 saturated heterocycles. The first-order valence-electron chi connectivity index (χ1n) is 4.29. The quantitative estimate of drug-likeness (QED) is 0.494. The van der Waals surface area contributed by atoms with Gasteiger partial charge in [0.2, 0.25) is 0 Å². The fraction of sp³-hybridized carbons (Fsp3) is 0.100. The van der Waals surface area contributed by atoms with E-state index in [9.17, 15) is 0 Å². The molecule has 0 spiro atoms. The SMILES string of the molecule is OCC#Cc1ccc2c(cnn2PI)c1. The van der Waals surface area contributed by atoms with Crippen molar-refractivity contribution in [1.82, 2.24) is 9.55 Å². The predicted molar refractivity (Wildman–Crippen MR) is 71.4 cm³/mol. The lowest BCUT2D eigenvalue weighted by molar-refractivity contribution is 0.350. The molecule has 0 amide bonds. The third-order valence-electron chi connectivity index (χ3n) is 1.96. The number of nitrogens with zero attached hydrogens (tertiary/aromatic N) is 2. The van der Waals surface area contributed by atoms with Crippen LogP contribution in [0, 0.1) is 11.8 Å². The second kappa shape index (κ2) is 4.93. The van der Waals surface area contributed by atoms with E-state index < -0.39 is 0 Å². The maximum Gasteiger partial charge on any atom is 0.104 e. The Morgan fingerprint density at radius 2 is 2.40 bits per heavy atom. The highest BCUT2D eigenvalue weighted by Gasteiger charge is 2.01. The van der Waals surface area contributed by atoms with E-state index in [1.54, 1.807) is 0 Å². The van der Waals surface area contributed by atoms with Crippen LogP contribution in [0.2, 0.25) is 0 Å². The van der Waals surface area contributed by atoms with E-state index in [-0.39, 0.29) is 6.61 Å². The second-order valence-corrected chi connectivity index (χ2v) is 4.91. The van der Waals surface area contributed by atoms with Crippen LogP contribution in [-0.2, 0) is 0 Å². The molecule has 0 bridgehead atoms. The smallest absolute Gasteiger partial charge is 0.104 e. The Kier molecular flexibility index (Phi) is 3.57. The van der Waals surface area contributed by atoms with E-state index in [4.69, 9.17) is 5.11 Å². The number of aromatic nitrogens is 2. The summed E-state index contributed by atoms with van der Waals surface area (Å²) in [5.74, 6) is 5.51. The largest absolute Gasteiger partial charge is 0.384 e. The number of halogens is 1. The van der Waals surface area contributed by atoms with Gasteiger partial charge in [-0.3, -0.25) is 0 Å². The van der Waals surface area contributed by atoms with Gasteiger partial charge < -0.3 is 5.11 Å². The Morgan fingerprint density at radius 1 is 1.53 bits per heavy atom. The molecule has 1 aromatic heterocycles. The molecule has 0 aliphatic rings. The van der Waals surface area contributed by atoms with Crippen LogP contribution in [0.1, 0.15) is 5.56 Å². The van der Waals surface area contributed by atoms with Gasteiger partial charge in [0.25, 0.3) is 0 Å². The molecule has 1 atom stereocenters. The Bertz CT molecular complexity index is 541. The molecule has 2 rings (SSSR count). The molecule has 0 fully saturated rings. The van der Waals surface area contributed by atoms with Gasteiger partial charge in [-0.2, -0.15) is 5.10 Å². The topological polar surface area (TPSA) is 38.1 Å². The van der Waals surface area contributed by atoms with Gasteiger partial charge in [0.15, 0.2) is 0 Å².